The highest BCUT2D eigenvalue weighted by Crippen LogP contribution is 2.34. The van der Waals surface area contributed by atoms with Crippen molar-refractivity contribution in [2.45, 2.75) is 25.9 Å². The molecule has 2 unspecified atom stereocenters. The molecule has 0 saturated heterocycles. The summed E-state index contributed by atoms with van der Waals surface area (Å²) in [6.45, 7) is 0.268. The lowest BCUT2D eigenvalue weighted by Crippen LogP contribution is -2.39. The molecule has 3 rings (SSSR count). The number of halogens is 2. The number of nitrogens with two attached hydrogens (primary N) is 1. The number of nitrogens with zero attached hydrogens (tertiary/aromatic N) is 1. The van der Waals surface area contributed by atoms with E-state index in [1.807, 2.05) is 0 Å². The summed E-state index contributed by atoms with van der Waals surface area (Å²) < 4.78 is 5.68. The Bertz CT molecular complexity index is 853. The zero-order valence-electron chi connectivity index (χ0n) is 15.0. The predicted molar refractivity (Wildman–Crippen MR) is 107 cm³/mol. The van der Waals surface area contributed by atoms with E-state index >= 15 is 0 Å². The highest BCUT2D eigenvalue weighted by atomic mass is 35.5. The number of primary amides is 1. The molecule has 0 heterocycles. The van der Waals surface area contributed by atoms with Crippen molar-refractivity contribution in [2.24, 2.45) is 17.6 Å². The molecule has 1 fully saturated rings. The maximum Gasteiger partial charge on any atom is 0.254 e. The highest BCUT2D eigenvalue weighted by molar-refractivity contribution is 6.34. The molecule has 28 heavy (non-hydrogen) atoms. The van der Waals surface area contributed by atoms with Gasteiger partial charge in [-0.3, -0.25) is 14.8 Å². The molecule has 2 amide bonds. The average molecular weight is 423 g/mol. The van der Waals surface area contributed by atoms with Crippen molar-refractivity contribution < 1.29 is 19.5 Å². The lowest BCUT2D eigenvalue weighted by molar-refractivity contribution is -0.133. The number of anilines is 1. The van der Waals surface area contributed by atoms with E-state index in [9.17, 15) is 14.8 Å². The first-order valence-electron chi connectivity index (χ1n) is 8.85. The van der Waals surface area contributed by atoms with Gasteiger partial charge in [0.25, 0.3) is 5.91 Å². The molecule has 2 atom stereocenters. The van der Waals surface area contributed by atoms with Crippen LogP contribution in [-0.4, -0.2) is 17.0 Å². The maximum absolute atomic E-state index is 12.5. The van der Waals surface area contributed by atoms with Gasteiger partial charge in [0.15, 0.2) is 0 Å². The minimum atomic E-state index is -0.592. The van der Waals surface area contributed by atoms with E-state index in [0.717, 1.165) is 12.0 Å². The summed E-state index contributed by atoms with van der Waals surface area (Å²) in [5.41, 5.74) is 6.47. The van der Waals surface area contributed by atoms with Gasteiger partial charge in [-0.25, -0.2) is 0 Å². The number of amides is 2. The topological polar surface area (TPSA) is 92.9 Å². The molecular weight excluding hydrogens is 403 g/mol. The Labute approximate surface area is 172 Å². The van der Waals surface area contributed by atoms with Crippen molar-refractivity contribution in [1.29, 1.82) is 0 Å². The van der Waals surface area contributed by atoms with Gasteiger partial charge in [-0.15, -0.1) is 0 Å². The number of hydrogen-bond acceptors (Lipinski definition) is 4. The molecule has 2 aromatic carbocycles. The number of carbonyl (C=O) groups excluding carboxylic acids is 2. The van der Waals surface area contributed by atoms with E-state index in [0.29, 0.717) is 39.4 Å². The van der Waals surface area contributed by atoms with Gasteiger partial charge in [0, 0.05) is 16.0 Å². The summed E-state index contributed by atoms with van der Waals surface area (Å²) in [6, 6.07) is 11.6. The zero-order chi connectivity index (χ0) is 20.3. The third kappa shape index (κ3) is 4.76. The Morgan fingerprint density at radius 1 is 1.07 bits per heavy atom. The van der Waals surface area contributed by atoms with Gasteiger partial charge in [-0.1, -0.05) is 29.6 Å². The molecule has 3 N–H and O–H groups in total. The first kappa shape index (κ1) is 20.5. The Morgan fingerprint density at radius 3 is 2.29 bits per heavy atom. The van der Waals surface area contributed by atoms with Crippen LogP contribution in [0.1, 0.15) is 24.8 Å². The molecule has 2 aromatic rings. The molecule has 0 aliphatic heterocycles. The van der Waals surface area contributed by atoms with Crippen LogP contribution < -0.4 is 15.5 Å². The van der Waals surface area contributed by atoms with Crippen molar-refractivity contribution in [3.63, 3.8) is 0 Å². The van der Waals surface area contributed by atoms with Gasteiger partial charge in [0.2, 0.25) is 5.91 Å². The second-order valence-corrected chi connectivity index (χ2v) is 7.63. The fraction of sp³-hybridized carbons (Fsp3) is 0.300. The molecular formula is C20H20Cl2N2O4. The Kier molecular flexibility index (Phi) is 6.44. The van der Waals surface area contributed by atoms with Crippen molar-refractivity contribution in [3.05, 3.63) is 58.1 Å². The summed E-state index contributed by atoms with van der Waals surface area (Å²) in [4.78, 5) is 24.0. The largest absolute Gasteiger partial charge is 0.489 e. The van der Waals surface area contributed by atoms with Crippen LogP contribution in [0.2, 0.25) is 10.0 Å². The number of hydrogen-bond donors (Lipinski definition) is 2. The molecule has 1 saturated carbocycles. The van der Waals surface area contributed by atoms with E-state index in [2.05, 4.69) is 0 Å². The standard InChI is InChI=1S/C20H20Cl2N2O4/c21-13-8-12(9-14(22)10-13)11-28-16-6-4-15(5-7-16)24(27)20(26)18-3-1-2-17(18)19(23)25/h4-10,17-18,27H,1-3,11H2,(H2,23,25). The molecule has 8 heteroatoms. The minimum Gasteiger partial charge on any atom is -0.489 e. The van der Waals surface area contributed by atoms with Crippen molar-refractivity contribution in [1.82, 2.24) is 0 Å². The van der Waals surface area contributed by atoms with E-state index in [1.165, 1.54) is 0 Å². The highest BCUT2D eigenvalue weighted by Gasteiger charge is 2.39. The van der Waals surface area contributed by atoms with Gasteiger partial charge in [0.05, 0.1) is 11.6 Å². The van der Waals surface area contributed by atoms with Crippen molar-refractivity contribution in [2.75, 3.05) is 5.06 Å². The van der Waals surface area contributed by atoms with E-state index in [4.69, 9.17) is 33.7 Å². The quantitative estimate of drug-likeness (QED) is 0.538. The summed E-state index contributed by atoms with van der Waals surface area (Å²) in [7, 11) is 0. The van der Waals surface area contributed by atoms with Crippen LogP contribution in [0.5, 0.6) is 5.75 Å². The normalized spacial score (nSPS) is 18.7. The van der Waals surface area contributed by atoms with Crippen LogP contribution in [0.4, 0.5) is 5.69 Å². The monoisotopic (exact) mass is 422 g/mol. The number of benzene rings is 2. The fourth-order valence-corrected chi connectivity index (χ4v) is 4.00. The number of ether oxygens (including phenoxy) is 1. The molecule has 0 bridgehead atoms. The average Bonchev–Trinajstić information content (AvgIpc) is 3.15. The van der Waals surface area contributed by atoms with Crippen LogP contribution in [0.15, 0.2) is 42.5 Å². The summed E-state index contributed by atoms with van der Waals surface area (Å²) in [5, 5.41) is 11.9. The molecule has 0 spiro atoms. The maximum atomic E-state index is 12.5. The third-order valence-electron chi connectivity index (χ3n) is 4.82. The van der Waals surface area contributed by atoms with Crippen LogP contribution in [-0.2, 0) is 16.2 Å². The zero-order valence-corrected chi connectivity index (χ0v) is 16.5. The lowest BCUT2D eigenvalue weighted by atomic mass is 9.94. The third-order valence-corrected chi connectivity index (χ3v) is 5.25. The molecule has 1 aliphatic rings. The minimum absolute atomic E-state index is 0.268. The number of rotatable bonds is 6. The van der Waals surface area contributed by atoms with Gasteiger partial charge >= 0.3 is 0 Å². The van der Waals surface area contributed by atoms with Gasteiger partial charge in [0.1, 0.15) is 12.4 Å². The molecule has 6 nitrogen and oxygen atoms in total. The van der Waals surface area contributed by atoms with Crippen molar-refractivity contribution >= 4 is 40.7 Å². The first-order chi connectivity index (χ1) is 13.3. The van der Waals surface area contributed by atoms with Crippen LogP contribution in [0.25, 0.3) is 0 Å². The summed E-state index contributed by atoms with van der Waals surface area (Å²) in [5.74, 6) is -1.60. The molecule has 148 valence electrons. The number of carbonyl (C=O) groups is 2. The molecule has 1 aliphatic carbocycles. The predicted octanol–water partition coefficient (Wildman–Crippen LogP) is 4.20. The second kappa shape index (κ2) is 8.82. The Hall–Kier alpha value is -2.28. The second-order valence-electron chi connectivity index (χ2n) is 6.76. The van der Waals surface area contributed by atoms with E-state index in [1.54, 1.807) is 42.5 Å². The smallest absolute Gasteiger partial charge is 0.254 e. The van der Waals surface area contributed by atoms with Crippen LogP contribution in [0, 0.1) is 11.8 Å². The first-order valence-corrected chi connectivity index (χ1v) is 9.60. The number of hydroxylamine groups is 1. The van der Waals surface area contributed by atoms with Gasteiger partial charge in [-0.2, -0.15) is 5.06 Å². The van der Waals surface area contributed by atoms with Gasteiger partial charge in [-0.05, 0) is 60.9 Å². The summed E-state index contributed by atoms with van der Waals surface area (Å²) >= 11 is 11.9. The fourth-order valence-electron chi connectivity index (χ4n) is 3.42. The SMILES string of the molecule is NC(=O)C1CCCC1C(=O)N(O)c1ccc(OCc2cc(Cl)cc(Cl)c2)cc1. The van der Waals surface area contributed by atoms with Crippen LogP contribution in [0.3, 0.4) is 0 Å². The lowest BCUT2D eigenvalue weighted by Gasteiger charge is -2.22. The molecule has 0 aromatic heterocycles. The van der Waals surface area contributed by atoms with E-state index in [-0.39, 0.29) is 6.61 Å². The van der Waals surface area contributed by atoms with Crippen molar-refractivity contribution in [3.8, 4) is 5.75 Å². The Morgan fingerprint density at radius 2 is 1.68 bits per heavy atom. The van der Waals surface area contributed by atoms with Gasteiger partial charge < -0.3 is 10.5 Å². The van der Waals surface area contributed by atoms with E-state index < -0.39 is 23.7 Å². The Balaban J connectivity index is 1.63. The molecule has 0 radical (unpaired) electrons. The van der Waals surface area contributed by atoms with Crippen LogP contribution >= 0.6 is 23.2 Å². The summed E-state index contributed by atoms with van der Waals surface area (Å²) in [6.07, 6.45) is 1.84.